The van der Waals surface area contributed by atoms with Crippen molar-refractivity contribution in [2.75, 3.05) is 13.0 Å². The number of nitrogens with one attached hydrogen (secondary N) is 1. The molecule has 1 aromatic carbocycles. The van der Waals surface area contributed by atoms with Crippen molar-refractivity contribution in [1.82, 2.24) is 5.32 Å². The van der Waals surface area contributed by atoms with Gasteiger partial charge in [-0.05, 0) is 44.4 Å². The fourth-order valence-corrected chi connectivity index (χ4v) is 2.15. The Morgan fingerprint density at radius 2 is 1.83 bits per heavy atom. The normalized spacial score (nSPS) is 11.2. The highest BCUT2D eigenvalue weighted by Crippen LogP contribution is 2.29. The molecule has 0 spiro atoms. The van der Waals surface area contributed by atoms with Crippen LogP contribution >= 0.6 is 11.6 Å². The van der Waals surface area contributed by atoms with Crippen molar-refractivity contribution in [2.24, 2.45) is 0 Å². The van der Waals surface area contributed by atoms with Gasteiger partial charge in [0.2, 0.25) is 5.91 Å². The predicted molar refractivity (Wildman–Crippen MR) is 74.4 cm³/mol. The molecule has 0 unspecified atom stereocenters. The van der Waals surface area contributed by atoms with Crippen molar-refractivity contribution in [3.63, 3.8) is 0 Å². The summed E-state index contributed by atoms with van der Waals surface area (Å²) < 4.78 is 5.34. The van der Waals surface area contributed by atoms with Gasteiger partial charge in [-0.1, -0.05) is 12.1 Å². The highest BCUT2D eigenvalue weighted by atomic mass is 35.5. The number of amides is 1. The third kappa shape index (κ3) is 3.16. The number of halogens is 1. The molecular formula is C14H20ClNO2. The zero-order chi connectivity index (χ0) is 13.9. The number of ether oxygens (including phenoxy) is 1. The number of hydrogen-bond acceptors (Lipinski definition) is 2. The van der Waals surface area contributed by atoms with Gasteiger partial charge in [0, 0.05) is 0 Å². The lowest BCUT2D eigenvalue weighted by Crippen LogP contribution is -2.41. The van der Waals surface area contributed by atoms with E-state index >= 15 is 0 Å². The van der Waals surface area contributed by atoms with Crippen LogP contribution in [0.1, 0.15) is 30.5 Å². The lowest BCUT2D eigenvalue weighted by molar-refractivity contribution is -0.120. The average Bonchev–Trinajstić information content (AvgIpc) is 2.27. The highest BCUT2D eigenvalue weighted by Gasteiger charge is 2.23. The minimum Gasteiger partial charge on any atom is -0.496 e. The topological polar surface area (TPSA) is 38.3 Å². The fourth-order valence-electron chi connectivity index (χ4n) is 2.09. The van der Waals surface area contributed by atoms with Crippen molar-refractivity contribution in [1.29, 1.82) is 0 Å². The lowest BCUT2D eigenvalue weighted by atomic mass is 9.91. The predicted octanol–water partition coefficient (Wildman–Crippen LogP) is 2.90. The molecule has 1 rings (SSSR count). The number of aryl methyl sites for hydroxylation is 2. The van der Waals surface area contributed by atoms with Crippen molar-refractivity contribution < 1.29 is 9.53 Å². The van der Waals surface area contributed by atoms with E-state index < -0.39 is 5.54 Å². The Balaban J connectivity index is 3.13. The van der Waals surface area contributed by atoms with E-state index in [4.69, 9.17) is 16.3 Å². The van der Waals surface area contributed by atoms with Crippen LogP contribution in [0.15, 0.2) is 12.1 Å². The molecule has 0 aliphatic rings. The number of hydrogen-bond donors (Lipinski definition) is 1. The highest BCUT2D eigenvalue weighted by molar-refractivity contribution is 6.27. The first-order chi connectivity index (χ1) is 8.31. The molecule has 18 heavy (non-hydrogen) atoms. The second kappa shape index (κ2) is 5.61. The van der Waals surface area contributed by atoms with Crippen LogP contribution in [0.2, 0.25) is 0 Å². The smallest absolute Gasteiger partial charge is 0.235 e. The summed E-state index contributed by atoms with van der Waals surface area (Å²) in [5.41, 5.74) is 2.70. The van der Waals surface area contributed by atoms with Gasteiger partial charge in [0.25, 0.3) is 0 Å². The Morgan fingerprint density at radius 1 is 1.33 bits per heavy atom. The van der Waals surface area contributed by atoms with Gasteiger partial charge in [-0.3, -0.25) is 4.79 Å². The molecule has 0 bridgehead atoms. The van der Waals surface area contributed by atoms with Crippen LogP contribution in [-0.4, -0.2) is 18.9 Å². The molecule has 0 aliphatic heterocycles. The second-order valence-electron chi connectivity index (χ2n) is 4.95. The van der Waals surface area contributed by atoms with E-state index in [9.17, 15) is 4.79 Å². The molecule has 0 atom stereocenters. The van der Waals surface area contributed by atoms with E-state index in [1.807, 2.05) is 39.8 Å². The molecule has 3 nitrogen and oxygen atoms in total. The summed E-state index contributed by atoms with van der Waals surface area (Å²) in [6.07, 6.45) is 0. The molecule has 1 N–H and O–H groups in total. The number of rotatable bonds is 4. The summed E-state index contributed by atoms with van der Waals surface area (Å²) in [4.78, 5) is 11.4. The van der Waals surface area contributed by atoms with Crippen LogP contribution in [0.3, 0.4) is 0 Å². The van der Waals surface area contributed by atoms with E-state index in [-0.39, 0.29) is 11.8 Å². The standard InChI is InChI=1S/C14H20ClNO2/c1-9-6-11(7-10(2)13(9)18-5)14(3,4)16-12(17)8-15/h6-7H,8H2,1-5H3,(H,16,17). The van der Waals surface area contributed by atoms with Gasteiger partial charge in [0.15, 0.2) is 0 Å². The second-order valence-corrected chi connectivity index (χ2v) is 5.22. The van der Waals surface area contributed by atoms with Gasteiger partial charge in [-0.25, -0.2) is 0 Å². The molecule has 0 fully saturated rings. The zero-order valence-electron chi connectivity index (χ0n) is 11.6. The Labute approximate surface area is 113 Å². The minimum atomic E-state index is -0.451. The Morgan fingerprint density at radius 3 is 2.22 bits per heavy atom. The first-order valence-corrected chi connectivity index (χ1v) is 6.38. The van der Waals surface area contributed by atoms with Crippen LogP contribution in [0.4, 0.5) is 0 Å². The molecule has 4 heteroatoms. The van der Waals surface area contributed by atoms with Gasteiger partial charge in [-0.2, -0.15) is 0 Å². The van der Waals surface area contributed by atoms with Gasteiger partial charge < -0.3 is 10.1 Å². The first kappa shape index (κ1) is 14.8. The summed E-state index contributed by atoms with van der Waals surface area (Å²) in [6, 6.07) is 4.06. The van der Waals surface area contributed by atoms with E-state index in [0.29, 0.717) is 0 Å². The molecule has 0 aliphatic carbocycles. The van der Waals surface area contributed by atoms with Crippen LogP contribution < -0.4 is 10.1 Å². The van der Waals surface area contributed by atoms with E-state index in [1.54, 1.807) is 7.11 Å². The number of alkyl halides is 1. The van der Waals surface area contributed by atoms with Gasteiger partial charge in [-0.15, -0.1) is 11.6 Å². The van der Waals surface area contributed by atoms with Crippen molar-refractivity contribution in [3.05, 3.63) is 28.8 Å². The molecule has 0 saturated heterocycles. The number of methoxy groups -OCH3 is 1. The summed E-state index contributed by atoms with van der Waals surface area (Å²) in [5.74, 6) is 0.684. The number of carbonyl (C=O) groups excluding carboxylic acids is 1. The summed E-state index contributed by atoms with van der Waals surface area (Å²) >= 11 is 5.52. The first-order valence-electron chi connectivity index (χ1n) is 5.84. The SMILES string of the molecule is COc1c(C)cc(C(C)(C)NC(=O)CCl)cc1C. The molecule has 0 aromatic heterocycles. The van der Waals surface area contributed by atoms with Crippen molar-refractivity contribution >= 4 is 17.5 Å². The Bertz CT molecular complexity index is 432. The number of benzene rings is 1. The average molecular weight is 270 g/mol. The molecule has 0 heterocycles. The third-order valence-electron chi connectivity index (χ3n) is 2.96. The number of carbonyl (C=O) groups is 1. The molecule has 0 saturated carbocycles. The quantitative estimate of drug-likeness (QED) is 0.854. The zero-order valence-corrected chi connectivity index (χ0v) is 12.3. The Kier molecular flexibility index (Phi) is 4.63. The minimum absolute atomic E-state index is 0.0302. The molecule has 1 amide bonds. The largest absolute Gasteiger partial charge is 0.496 e. The molecule has 0 radical (unpaired) electrons. The maximum atomic E-state index is 11.4. The summed E-state index contributed by atoms with van der Waals surface area (Å²) in [7, 11) is 1.66. The third-order valence-corrected chi connectivity index (χ3v) is 3.20. The van der Waals surface area contributed by atoms with Crippen LogP contribution in [0.5, 0.6) is 5.75 Å². The van der Waals surface area contributed by atoms with Crippen LogP contribution in [0.25, 0.3) is 0 Å². The summed E-state index contributed by atoms with van der Waals surface area (Å²) in [5, 5.41) is 2.90. The maximum Gasteiger partial charge on any atom is 0.235 e. The van der Waals surface area contributed by atoms with E-state index in [0.717, 1.165) is 22.4 Å². The van der Waals surface area contributed by atoms with Crippen molar-refractivity contribution in [2.45, 2.75) is 33.2 Å². The lowest BCUT2D eigenvalue weighted by Gasteiger charge is -2.28. The fraction of sp³-hybridized carbons (Fsp3) is 0.500. The molecule has 1 aromatic rings. The Hall–Kier alpha value is -1.22. The van der Waals surface area contributed by atoms with Crippen molar-refractivity contribution in [3.8, 4) is 5.75 Å². The van der Waals surface area contributed by atoms with Gasteiger partial charge in [0.05, 0.1) is 12.6 Å². The molecule has 100 valence electrons. The van der Waals surface area contributed by atoms with Crippen LogP contribution in [0, 0.1) is 13.8 Å². The monoisotopic (exact) mass is 269 g/mol. The van der Waals surface area contributed by atoms with E-state index in [2.05, 4.69) is 5.32 Å². The summed E-state index contributed by atoms with van der Waals surface area (Å²) in [6.45, 7) is 7.90. The van der Waals surface area contributed by atoms with E-state index in [1.165, 1.54) is 0 Å². The van der Waals surface area contributed by atoms with Gasteiger partial charge in [0.1, 0.15) is 11.6 Å². The maximum absolute atomic E-state index is 11.4. The van der Waals surface area contributed by atoms with Crippen LogP contribution in [-0.2, 0) is 10.3 Å². The molecular weight excluding hydrogens is 250 g/mol. The van der Waals surface area contributed by atoms with Gasteiger partial charge >= 0.3 is 0 Å².